The Morgan fingerprint density at radius 3 is 2.71 bits per heavy atom. The second kappa shape index (κ2) is 2.74. The number of nitrogens with zero attached hydrogens (tertiary/aromatic N) is 3. The molecule has 0 radical (unpaired) electrons. The van der Waals surface area contributed by atoms with Gasteiger partial charge in [-0.1, -0.05) is 12.8 Å². The highest BCUT2D eigenvalue weighted by atomic mass is 32.1. The van der Waals surface area contributed by atoms with Crippen LogP contribution < -0.4 is 11.2 Å². The van der Waals surface area contributed by atoms with Crippen molar-refractivity contribution in [3.63, 3.8) is 0 Å². The van der Waals surface area contributed by atoms with Crippen molar-refractivity contribution in [2.45, 2.75) is 6.92 Å². The number of imidazole rings is 1. The third-order valence-electron chi connectivity index (χ3n) is 1.99. The van der Waals surface area contributed by atoms with Gasteiger partial charge in [0, 0.05) is 7.05 Å². The van der Waals surface area contributed by atoms with E-state index in [9.17, 15) is 9.59 Å². The largest absolute Gasteiger partial charge is 0.342 e. The molecule has 2 aromatic rings. The van der Waals surface area contributed by atoms with Gasteiger partial charge in [0.25, 0.3) is 5.56 Å². The fourth-order valence-corrected chi connectivity index (χ4v) is 1.55. The summed E-state index contributed by atoms with van der Waals surface area (Å²) in [4.78, 5) is 29.7. The maximum Gasteiger partial charge on any atom is 0.342 e. The van der Waals surface area contributed by atoms with Crippen LogP contribution in [0.15, 0.2) is 9.59 Å². The Morgan fingerprint density at radius 2 is 2.07 bits per heavy atom. The molecule has 74 valence electrons. The number of rotatable bonds is 0. The molecule has 1 N–H and O–H groups in total. The number of aryl methyl sites for hydroxylation is 1. The average Bonchev–Trinajstić information content (AvgIpc) is 2.54. The number of hydrogen-bond acceptors (Lipinski definition) is 4. The fourth-order valence-electron chi connectivity index (χ4n) is 1.27. The van der Waals surface area contributed by atoms with E-state index in [4.69, 9.17) is 0 Å². The van der Waals surface area contributed by atoms with E-state index in [1.165, 1.54) is 7.05 Å². The summed E-state index contributed by atoms with van der Waals surface area (Å²) in [6, 6.07) is 0. The maximum atomic E-state index is 11.6. The van der Waals surface area contributed by atoms with E-state index >= 15 is 0 Å². The van der Waals surface area contributed by atoms with Crippen LogP contribution in [0.2, 0.25) is 0 Å². The van der Waals surface area contributed by atoms with Gasteiger partial charge < -0.3 is 4.98 Å². The van der Waals surface area contributed by atoms with Crippen molar-refractivity contribution < 1.29 is 0 Å². The van der Waals surface area contributed by atoms with Gasteiger partial charge in [0.05, 0.1) is 0 Å². The highest BCUT2D eigenvalue weighted by Crippen LogP contribution is 2.04. The topological polar surface area (TPSA) is 72.7 Å². The first kappa shape index (κ1) is 9.07. The molecule has 0 amide bonds. The van der Waals surface area contributed by atoms with Crippen LogP contribution >= 0.6 is 12.8 Å². The summed E-state index contributed by atoms with van der Waals surface area (Å²) in [6.07, 6.45) is 0. The van der Waals surface area contributed by atoms with Gasteiger partial charge in [-0.15, -0.1) is 0 Å². The monoisotopic (exact) mass is 212 g/mol. The summed E-state index contributed by atoms with van der Waals surface area (Å²) in [6.45, 7) is 1.71. The van der Waals surface area contributed by atoms with Crippen LogP contribution in [0.25, 0.3) is 11.2 Å². The van der Waals surface area contributed by atoms with Gasteiger partial charge in [-0.3, -0.25) is 9.36 Å². The highest BCUT2D eigenvalue weighted by Gasteiger charge is 2.11. The molecule has 0 unspecified atom stereocenters. The van der Waals surface area contributed by atoms with Gasteiger partial charge in [-0.05, 0) is 6.92 Å². The van der Waals surface area contributed by atoms with Gasteiger partial charge in [0.2, 0.25) is 0 Å². The average molecular weight is 212 g/mol. The number of aromatic nitrogens is 4. The van der Waals surface area contributed by atoms with E-state index in [1.54, 1.807) is 6.92 Å². The van der Waals surface area contributed by atoms with Gasteiger partial charge in [0.1, 0.15) is 5.82 Å². The molecule has 6 nitrogen and oxygen atoms in total. The molecule has 7 heteroatoms. The summed E-state index contributed by atoms with van der Waals surface area (Å²) in [5.74, 6) is 0.575. The number of hydrogen-bond donors (Lipinski definition) is 2. The summed E-state index contributed by atoms with van der Waals surface area (Å²) in [5, 5.41) is 0. The van der Waals surface area contributed by atoms with Crippen LogP contribution in [0.4, 0.5) is 0 Å². The van der Waals surface area contributed by atoms with E-state index in [1.807, 2.05) is 0 Å². The van der Waals surface area contributed by atoms with E-state index in [0.717, 1.165) is 8.54 Å². The zero-order valence-corrected chi connectivity index (χ0v) is 8.50. The number of H-pyrrole nitrogens is 1. The van der Waals surface area contributed by atoms with Gasteiger partial charge in [0.15, 0.2) is 11.2 Å². The van der Waals surface area contributed by atoms with E-state index in [0.29, 0.717) is 11.3 Å². The molecular formula is C7H8N4O2S. The normalized spacial score (nSPS) is 11.1. The van der Waals surface area contributed by atoms with Crippen LogP contribution in [-0.4, -0.2) is 18.5 Å². The van der Waals surface area contributed by atoms with Crippen molar-refractivity contribution in [3.05, 3.63) is 26.7 Å². The van der Waals surface area contributed by atoms with Crippen LogP contribution in [-0.2, 0) is 7.05 Å². The molecular weight excluding hydrogens is 204 g/mol. The second-order valence-corrected chi connectivity index (χ2v) is 3.38. The Hall–Kier alpha value is -1.50. The Labute approximate surface area is 83.7 Å². The molecule has 0 saturated carbocycles. The summed E-state index contributed by atoms with van der Waals surface area (Å²) < 4.78 is 2.02. The SMILES string of the molecule is Cc1nc2c([nH]1)c(=O)n(C)c(=O)n2S. The first-order valence-corrected chi connectivity index (χ1v) is 4.30. The van der Waals surface area contributed by atoms with Crippen molar-refractivity contribution in [2.75, 3.05) is 0 Å². The van der Waals surface area contributed by atoms with Gasteiger partial charge in [-0.25, -0.2) is 13.8 Å². The molecule has 0 saturated heterocycles. The lowest BCUT2D eigenvalue weighted by Crippen LogP contribution is -2.35. The standard InChI is InChI=1S/C7H8N4O2S/c1-3-8-4-5(9-3)11(14)7(13)10(2)6(4)12/h14H,1-2H3,(H,8,9). The Bertz CT molecular complexity index is 621. The Kier molecular flexibility index (Phi) is 1.78. The minimum Gasteiger partial charge on any atom is -0.336 e. The quantitative estimate of drug-likeness (QED) is 0.574. The molecule has 0 aliphatic rings. The Balaban J connectivity index is 3.17. The number of aromatic amines is 1. The zero-order chi connectivity index (χ0) is 10.5. The smallest absolute Gasteiger partial charge is 0.336 e. The molecule has 0 aromatic carbocycles. The zero-order valence-electron chi connectivity index (χ0n) is 7.61. The third-order valence-corrected chi connectivity index (χ3v) is 2.35. The van der Waals surface area contributed by atoms with Crippen LogP contribution in [0.1, 0.15) is 5.82 Å². The molecule has 14 heavy (non-hydrogen) atoms. The number of nitrogens with one attached hydrogen (secondary N) is 1. The number of fused-ring (bicyclic) bond motifs is 1. The van der Waals surface area contributed by atoms with Crippen molar-refractivity contribution in [1.29, 1.82) is 0 Å². The van der Waals surface area contributed by atoms with E-state index < -0.39 is 11.2 Å². The lowest BCUT2D eigenvalue weighted by Gasteiger charge is -1.99. The molecule has 0 fully saturated rings. The van der Waals surface area contributed by atoms with Crippen LogP contribution in [0.3, 0.4) is 0 Å². The van der Waals surface area contributed by atoms with Crippen molar-refractivity contribution in [1.82, 2.24) is 18.5 Å². The summed E-state index contributed by atoms with van der Waals surface area (Å²) in [7, 11) is 1.40. The predicted octanol–water partition coefficient (Wildman–Crippen LogP) is -0.575. The molecule has 0 spiro atoms. The van der Waals surface area contributed by atoms with Gasteiger partial charge in [-0.2, -0.15) is 0 Å². The summed E-state index contributed by atoms with van der Waals surface area (Å²) >= 11 is 3.96. The minimum atomic E-state index is -0.502. The Morgan fingerprint density at radius 1 is 1.43 bits per heavy atom. The second-order valence-electron chi connectivity index (χ2n) is 2.98. The molecule has 2 heterocycles. The molecule has 0 bridgehead atoms. The minimum absolute atomic E-state index is 0.263. The summed E-state index contributed by atoms with van der Waals surface area (Å²) in [5.41, 5.74) is -0.341. The first-order chi connectivity index (χ1) is 6.52. The highest BCUT2D eigenvalue weighted by molar-refractivity contribution is 7.78. The molecule has 2 rings (SSSR count). The predicted molar refractivity (Wildman–Crippen MR) is 54.7 cm³/mol. The van der Waals surface area contributed by atoms with Gasteiger partial charge >= 0.3 is 5.69 Å². The van der Waals surface area contributed by atoms with Crippen LogP contribution in [0, 0.1) is 6.92 Å². The van der Waals surface area contributed by atoms with Crippen molar-refractivity contribution in [3.8, 4) is 0 Å². The maximum absolute atomic E-state index is 11.6. The number of thiol groups is 1. The fraction of sp³-hybridized carbons (Fsp3) is 0.286. The van der Waals surface area contributed by atoms with E-state index in [-0.39, 0.29) is 5.65 Å². The third kappa shape index (κ3) is 1.02. The first-order valence-electron chi connectivity index (χ1n) is 3.90. The van der Waals surface area contributed by atoms with Crippen LogP contribution in [0.5, 0.6) is 0 Å². The molecule has 0 atom stereocenters. The van der Waals surface area contributed by atoms with E-state index in [2.05, 4.69) is 22.8 Å². The molecule has 0 aliphatic heterocycles. The lowest BCUT2D eigenvalue weighted by molar-refractivity contribution is 0.778. The lowest BCUT2D eigenvalue weighted by atomic mass is 10.5. The molecule has 2 aromatic heterocycles. The van der Waals surface area contributed by atoms with Crippen molar-refractivity contribution in [2.24, 2.45) is 7.05 Å². The molecule has 0 aliphatic carbocycles. The van der Waals surface area contributed by atoms with Crippen molar-refractivity contribution >= 4 is 24.0 Å².